The fraction of sp³-hybridized carbons (Fsp3) is 0.531. The van der Waals surface area contributed by atoms with Crippen molar-refractivity contribution in [3.8, 4) is 11.4 Å². The zero-order chi connectivity index (χ0) is 27.0. The van der Waals surface area contributed by atoms with Crippen molar-refractivity contribution in [1.29, 1.82) is 0 Å². The van der Waals surface area contributed by atoms with Crippen molar-refractivity contribution in [2.75, 3.05) is 18.0 Å². The smallest absolute Gasteiger partial charge is 0.176 e. The Morgan fingerprint density at radius 2 is 1.82 bits per heavy atom. The van der Waals surface area contributed by atoms with Gasteiger partial charge in [0.2, 0.25) is 0 Å². The second-order valence-electron chi connectivity index (χ2n) is 13.2. The third-order valence-corrected chi connectivity index (χ3v) is 12.0. The second kappa shape index (κ2) is 9.07. The molecule has 1 spiro atoms. The van der Waals surface area contributed by atoms with E-state index in [4.69, 9.17) is 9.97 Å². The molecule has 2 heterocycles. The lowest BCUT2D eigenvalue weighted by atomic mass is 9.37. The maximum atomic E-state index is 5.27. The van der Waals surface area contributed by atoms with Gasteiger partial charge in [0, 0.05) is 34.9 Å². The Labute approximate surface area is 243 Å². The number of benzene rings is 2. The Hall–Kier alpha value is -2.87. The van der Waals surface area contributed by atoms with Crippen molar-refractivity contribution in [2.45, 2.75) is 64.7 Å². The van der Waals surface area contributed by atoms with Gasteiger partial charge in [-0.05, 0) is 104 Å². The van der Waals surface area contributed by atoms with Gasteiger partial charge in [-0.25, -0.2) is 9.97 Å². The summed E-state index contributed by atoms with van der Waals surface area (Å²) in [5, 5.41) is 16.1. The monoisotopic (exact) mass is 597 g/mol. The molecule has 4 saturated carbocycles. The van der Waals surface area contributed by atoms with Gasteiger partial charge >= 0.3 is 0 Å². The van der Waals surface area contributed by atoms with E-state index in [1.165, 1.54) is 51.4 Å². The molecule has 0 radical (unpaired) electrons. The van der Waals surface area contributed by atoms with Crippen molar-refractivity contribution < 1.29 is 0 Å². The molecule has 0 amide bonds. The summed E-state index contributed by atoms with van der Waals surface area (Å²) >= 11 is 3.64. The van der Waals surface area contributed by atoms with Crippen LogP contribution in [0.2, 0.25) is 0 Å². The highest BCUT2D eigenvalue weighted by molar-refractivity contribution is 9.10. The van der Waals surface area contributed by atoms with Gasteiger partial charge in [-0.15, -0.1) is 10.2 Å². The van der Waals surface area contributed by atoms with Gasteiger partial charge < -0.3 is 4.90 Å². The van der Waals surface area contributed by atoms with E-state index in [1.54, 1.807) is 0 Å². The number of rotatable bonds is 9. The molecule has 4 aliphatic rings. The van der Waals surface area contributed by atoms with E-state index < -0.39 is 0 Å². The lowest BCUT2D eigenvalue weighted by Crippen LogP contribution is -2.60. The first-order valence-electron chi connectivity index (χ1n) is 15.0. The first-order chi connectivity index (χ1) is 19.5. The van der Waals surface area contributed by atoms with E-state index in [0.29, 0.717) is 16.2 Å². The number of halogens is 1. The fourth-order valence-electron chi connectivity index (χ4n) is 10.3. The SMILES string of the molecule is CCC12CC3CC4CC(CCN(CCc5nn[nH]n5)c5nc(-c6cccc(Br)c6)nc6ccccc56)(C1)C2(C3)C4. The number of hydrogen-bond acceptors (Lipinski definition) is 6. The number of hydrogen-bond donors (Lipinski definition) is 1. The summed E-state index contributed by atoms with van der Waals surface area (Å²) in [5.41, 5.74) is 3.71. The largest absolute Gasteiger partial charge is 0.356 e. The topological polar surface area (TPSA) is 83.5 Å². The van der Waals surface area contributed by atoms with Gasteiger partial charge in [-0.2, -0.15) is 5.21 Å². The van der Waals surface area contributed by atoms with E-state index in [9.17, 15) is 0 Å². The maximum Gasteiger partial charge on any atom is 0.176 e. The quantitative estimate of drug-likeness (QED) is 0.223. The molecule has 206 valence electrons. The van der Waals surface area contributed by atoms with Crippen LogP contribution in [0.15, 0.2) is 53.0 Å². The number of para-hydroxylation sites is 1. The number of nitrogens with one attached hydrogen (secondary N) is 1. The number of aromatic nitrogens is 6. The standard InChI is InChI=1S/C32H36BrN7/c1-2-30-16-21-14-22-17-31(20-30,32(30,18-21)19-22)11-13-40(12-10-27-36-38-39-37-27)29-25-8-3-4-9-26(25)34-28(35-29)23-6-5-7-24(33)15-23/h3-9,15,21-22H,2,10-14,16-20H2,1H3,(H,36,37,38,39). The third-order valence-electron chi connectivity index (χ3n) is 11.5. The van der Waals surface area contributed by atoms with Crippen LogP contribution in [0.25, 0.3) is 22.3 Å². The molecule has 0 aliphatic heterocycles. The summed E-state index contributed by atoms with van der Waals surface area (Å²) in [5.74, 6) is 4.46. The van der Waals surface area contributed by atoms with Crippen LogP contribution in [-0.4, -0.2) is 43.7 Å². The van der Waals surface area contributed by atoms with Crippen LogP contribution in [0, 0.1) is 28.1 Å². The van der Waals surface area contributed by atoms with E-state index in [0.717, 1.165) is 69.8 Å². The highest BCUT2D eigenvalue weighted by Crippen LogP contribution is 2.88. The summed E-state index contributed by atoms with van der Waals surface area (Å²) in [4.78, 5) is 12.8. The van der Waals surface area contributed by atoms with Crippen LogP contribution in [0.4, 0.5) is 5.82 Å². The number of nitrogens with zero attached hydrogens (tertiary/aromatic N) is 6. The molecule has 5 atom stereocenters. The minimum absolute atomic E-state index is 0.499. The Kier molecular flexibility index (Phi) is 5.64. The van der Waals surface area contributed by atoms with E-state index in [-0.39, 0.29) is 0 Å². The summed E-state index contributed by atoms with van der Waals surface area (Å²) < 4.78 is 1.03. The predicted molar refractivity (Wildman–Crippen MR) is 160 cm³/mol. The maximum absolute atomic E-state index is 5.27. The molecule has 4 aliphatic carbocycles. The second-order valence-corrected chi connectivity index (χ2v) is 14.1. The summed E-state index contributed by atoms with van der Waals surface area (Å²) in [6.45, 7) is 4.27. The summed E-state index contributed by atoms with van der Waals surface area (Å²) in [7, 11) is 0. The molecule has 2 aromatic heterocycles. The van der Waals surface area contributed by atoms with Crippen molar-refractivity contribution in [1.82, 2.24) is 30.6 Å². The Balaban J connectivity index is 1.17. The highest BCUT2D eigenvalue weighted by Gasteiger charge is 2.79. The normalized spacial score (nSPS) is 31.4. The predicted octanol–water partition coefficient (Wildman–Crippen LogP) is 7.01. The van der Waals surface area contributed by atoms with Crippen LogP contribution >= 0.6 is 15.9 Å². The van der Waals surface area contributed by atoms with Crippen LogP contribution < -0.4 is 4.90 Å². The molecule has 4 fully saturated rings. The molecule has 1 N–H and O–H groups in total. The van der Waals surface area contributed by atoms with E-state index in [2.05, 4.69) is 84.8 Å². The number of fused-ring (bicyclic) bond motifs is 3. The lowest BCUT2D eigenvalue weighted by molar-refractivity contribution is -0.183. The zero-order valence-corrected chi connectivity index (χ0v) is 24.7. The van der Waals surface area contributed by atoms with Crippen LogP contribution in [0.1, 0.15) is 64.1 Å². The Morgan fingerprint density at radius 3 is 2.62 bits per heavy atom. The van der Waals surface area contributed by atoms with E-state index >= 15 is 0 Å². The Bertz CT molecular complexity index is 1570. The van der Waals surface area contributed by atoms with Crippen LogP contribution in [0.3, 0.4) is 0 Å². The number of tetrazole rings is 1. The molecule has 7 nitrogen and oxygen atoms in total. The van der Waals surface area contributed by atoms with Crippen molar-refractivity contribution >= 4 is 32.7 Å². The summed E-state index contributed by atoms with van der Waals surface area (Å²) in [6, 6.07) is 16.7. The molecule has 5 unspecified atom stereocenters. The first-order valence-corrected chi connectivity index (χ1v) is 15.8. The number of aromatic amines is 1. The average Bonchev–Trinajstić information content (AvgIpc) is 3.60. The van der Waals surface area contributed by atoms with Gasteiger partial charge in [0.15, 0.2) is 11.6 Å². The lowest BCUT2D eigenvalue weighted by Gasteiger charge is -2.67. The van der Waals surface area contributed by atoms with E-state index in [1.807, 2.05) is 12.1 Å². The fourth-order valence-corrected chi connectivity index (χ4v) is 10.7. The first kappa shape index (κ1) is 24.9. The van der Waals surface area contributed by atoms with Gasteiger partial charge in [0.1, 0.15) is 5.82 Å². The van der Waals surface area contributed by atoms with Gasteiger partial charge in [-0.3, -0.25) is 0 Å². The summed E-state index contributed by atoms with van der Waals surface area (Å²) in [6.07, 6.45) is 12.2. The number of anilines is 1. The number of H-pyrrole nitrogens is 1. The minimum Gasteiger partial charge on any atom is -0.356 e. The van der Waals surface area contributed by atoms with Gasteiger partial charge in [-0.1, -0.05) is 52.3 Å². The van der Waals surface area contributed by atoms with Gasteiger partial charge in [0.05, 0.1) is 5.52 Å². The molecule has 4 aromatic rings. The molecular formula is C32H36BrN7. The average molecular weight is 599 g/mol. The van der Waals surface area contributed by atoms with Crippen LogP contribution in [0.5, 0.6) is 0 Å². The zero-order valence-electron chi connectivity index (χ0n) is 23.1. The molecule has 8 heteroatoms. The van der Waals surface area contributed by atoms with Crippen LogP contribution in [-0.2, 0) is 6.42 Å². The van der Waals surface area contributed by atoms with Gasteiger partial charge in [0.25, 0.3) is 0 Å². The van der Waals surface area contributed by atoms with Crippen molar-refractivity contribution in [2.24, 2.45) is 28.1 Å². The Morgan fingerprint density at radius 1 is 0.975 bits per heavy atom. The molecule has 8 rings (SSSR count). The van der Waals surface area contributed by atoms with Crippen molar-refractivity contribution in [3.63, 3.8) is 0 Å². The van der Waals surface area contributed by atoms with Crippen molar-refractivity contribution in [3.05, 3.63) is 58.8 Å². The molecule has 0 saturated heterocycles. The molecule has 3 bridgehead atoms. The highest BCUT2D eigenvalue weighted by atomic mass is 79.9. The molecule has 2 aromatic carbocycles. The minimum atomic E-state index is 0.499. The third kappa shape index (κ3) is 3.57. The molecule has 40 heavy (non-hydrogen) atoms. The molecular weight excluding hydrogens is 562 g/mol.